The third kappa shape index (κ3) is 2.31. The van der Waals surface area contributed by atoms with E-state index in [4.69, 9.17) is 0 Å². The van der Waals surface area contributed by atoms with Crippen LogP contribution in [0.5, 0.6) is 0 Å². The number of aromatic nitrogens is 1. The maximum absolute atomic E-state index is 12.2. The van der Waals surface area contributed by atoms with Gasteiger partial charge >= 0.3 is 0 Å². The summed E-state index contributed by atoms with van der Waals surface area (Å²) in [4.78, 5) is 16.4. The molecule has 0 bridgehead atoms. The molecule has 0 atom stereocenters. The van der Waals surface area contributed by atoms with Gasteiger partial charge in [-0.1, -0.05) is 24.3 Å². The molecule has 1 amide bonds. The van der Waals surface area contributed by atoms with Crippen molar-refractivity contribution in [1.29, 1.82) is 0 Å². The van der Waals surface area contributed by atoms with Gasteiger partial charge in [-0.25, -0.2) is 0 Å². The second kappa shape index (κ2) is 4.63. The number of amides is 1. The number of aliphatic hydroxyl groups excluding tert-OH is 1. The molecule has 1 fully saturated rings. The molecular weight excluding hydrogens is 240 g/mol. The van der Waals surface area contributed by atoms with E-state index in [0.29, 0.717) is 12.2 Å². The van der Waals surface area contributed by atoms with Gasteiger partial charge in [0.1, 0.15) is 5.69 Å². The summed E-state index contributed by atoms with van der Waals surface area (Å²) in [5, 5.41) is 14.0. The van der Waals surface area contributed by atoms with Crippen molar-refractivity contribution in [3.05, 3.63) is 42.2 Å². The first-order chi connectivity index (χ1) is 9.24. The minimum absolute atomic E-state index is 0.0831. The Morgan fingerprint density at radius 3 is 2.84 bits per heavy atom. The van der Waals surface area contributed by atoms with Crippen LogP contribution in [0.15, 0.2) is 36.5 Å². The number of nitrogens with one attached hydrogen (secondary N) is 1. The fourth-order valence-electron chi connectivity index (χ4n) is 2.22. The highest BCUT2D eigenvalue weighted by atomic mass is 16.3. The first kappa shape index (κ1) is 12.1. The zero-order valence-corrected chi connectivity index (χ0v) is 10.6. The van der Waals surface area contributed by atoms with Gasteiger partial charge in [0.05, 0.1) is 6.61 Å². The molecular formula is C15H16N2O2. The smallest absolute Gasteiger partial charge is 0.270 e. The molecule has 4 nitrogen and oxygen atoms in total. The van der Waals surface area contributed by atoms with E-state index in [0.717, 1.165) is 23.6 Å². The molecule has 1 aliphatic carbocycles. The van der Waals surface area contributed by atoms with Crippen LogP contribution in [0.4, 0.5) is 0 Å². The Bertz CT molecular complexity index is 615. The van der Waals surface area contributed by atoms with Crippen LogP contribution in [0.1, 0.15) is 23.3 Å². The molecule has 2 N–H and O–H groups in total. The summed E-state index contributed by atoms with van der Waals surface area (Å²) in [6, 6.07) is 9.59. The SMILES string of the molecule is O=C(NCC1(CO)CC1)c1nccc2ccccc12. The Balaban J connectivity index is 1.82. The number of fused-ring (bicyclic) bond motifs is 1. The number of nitrogens with zero attached hydrogens (tertiary/aromatic N) is 1. The summed E-state index contributed by atoms with van der Waals surface area (Å²) in [6.07, 6.45) is 3.61. The Morgan fingerprint density at radius 2 is 2.11 bits per heavy atom. The average Bonchev–Trinajstić information content (AvgIpc) is 3.25. The highest BCUT2D eigenvalue weighted by Gasteiger charge is 2.42. The summed E-state index contributed by atoms with van der Waals surface area (Å²) in [5.41, 5.74) is 0.368. The van der Waals surface area contributed by atoms with Crippen molar-refractivity contribution in [3.63, 3.8) is 0 Å². The molecule has 1 aromatic carbocycles. The Kier molecular flexibility index (Phi) is 2.95. The van der Waals surface area contributed by atoms with E-state index >= 15 is 0 Å². The third-order valence-corrected chi connectivity index (χ3v) is 3.81. The fraction of sp³-hybridized carbons (Fsp3) is 0.333. The minimum atomic E-state index is -0.170. The van der Waals surface area contributed by atoms with E-state index in [1.165, 1.54) is 0 Å². The van der Waals surface area contributed by atoms with Crippen molar-refractivity contribution >= 4 is 16.7 Å². The number of hydrogen-bond donors (Lipinski definition) is 2. The summed E-state index contributed by atoms with van der Waals surface area (Å²) in [7, 11) is 0. The molecule has 1 aliphatic rings. The molecule has 1 saturated carbocycles. The third-order valence-electron chi connectivity index (χ3n) is 3.81. The van der Waals surface area contributed by atoms with Crippen molar-refractivity contribution in [2.75, 3.05) is 13.2 Å². The van der Waals surface area contributed by atoms with Crippen molar-refractivity contribution < 1.29 is 9.90 Å². The first-order valence-electron chi connectivity index (χ1n) is 6.47. The van der Waals surface area contributed by atoms with Crippen LogP contribution in [-0.2, 0) is 0 Å². The van der Waals surface area contributed by atoms with Crippen LogP contribution in [0.3, 0.4) is 0 Å². The van der Waals surface area contributed by atoms with Gasteiger partial charge in [0, 0.05) is 23.5 Å². The summed E-state index contributed by atoms with van der Waals surface area (Å²) in [6.45, 7) is 0.656. The number of hydrogen-bond acceptors (Lipinski definition) is 3. The molecule has 2 aromatic rings. The zero-order chi connectivity index (χ0) is 13.3. The predicted octanol–water partition coefficient (Wildman–Crippen LogP) is 1.74. The number of carbonyl (C=O) groups is 1. The molecule has 1 heterocycles. The number of rotatable bonds is 4. The molecule has 1 aromatic heterocycles. The largest absolute Gasteiger partial charge is 0.396 e. The number of pyridine rings is 1. The lowest BCUT2D eigenvalue weighted by Gasteiger charge is -2.13. The second-order valence-electron chi connectivity index (χ2n) is 5.22. The van der Waals surface area contributed by atoms with Crippen LogP contribution < -0.4 is 5.32 Å². The van der Waals surface area contributed by atoms with E-state index in [1.54, 1.807) is 6.20 Å². The molecule has 0 spiro atoms. The minimum Gasteiger partial charge on any atom is -0.396 e. The lowest BCUT2D eigenvalue weighted by Crippen LogP contribution is -2.32. The monoisotopic (exact) mass is 256 g/mol. The number of aliphatic hydroxyl groups is 1. The predicted molar refractivity (Wildman–Crippen MR) is 72.8 cm³/mol. The standard InChI is InChI=1S/C15H16N2O2/c18-10-15(6-7-15)9-17-14(19)13-12-4-2-1-3-11(12)5-8-16-13/h1-5,8,18H,6-7,9-10H2,(H,17,19). The highest BCUT2D eigenvalue weighted by Crippen LogP contribution is 2.44. The van der Waals surface area contributed by atoms with Gasteiger partial charge in [0.25, 0.3) is 5.91 Å². The van der Waals surface area contributed by atoms with Gasteiger partial charge in [-0.15, -0.1) is 0 Å². The van der Waals surface area contributed by atoms with Gasteiger partial charge < -0.3 is 10.4 Å². The van der Waals surface area contributed by atoms with Crippen molar-refractivity contribution in [2.45, 2.75) is 12.8 Å². The highest BCUT2D eigenvalue weighted by molar-refractivity contribution is 6.05. The first-order valence-corrected chi connectivity index (χ1v) is 6.47. The summed E-state index contributed by atoms with van der Waals surface area (Å²) >= 11 is 0. The van der Waals surface area contributed by atoms with Gasteiger partial charge in [-0.05, 0) is 24.3 Å². The Morgan fingerprint density at radius 1 is 1.32 bits per heavy atom. The average molecular weight is 256 g/mol. The van der Waals surface area contributed by atoms with E-state index in [2.05, 4.69) is 10.3 Å². The van der Waals surface area contributed by atoms with Gasteiger partial charge in [-0.2, -0.15) is 0 Å². The number of carbonyl (C=O) groups excluding carboxylic acids is 1. The van der Waals surface area contributed by atoms with Gasteiger partial charge in [0.2, 0.25) is 0 Å². The fourth-order valence-corrected chi connectivity index (χ4v) is 2.22. The van der Waals surface area contributed by atoms with Gasteiger partial charge in [0.15, 0.2) is 0 Å². The zero-order valence-electron chi connectivity index (χ0n) is 10.6. The van der Waals surface area contributed by atoms with E-state index in [9.17, 15) is 9.90 Å². The van der Waals surface area contributed by atoms with Crippen molar-refractivity contribution in [1.82, 2.24) is 10.3 Å². The van der Waals surface area contributed by atoms with Crippen LogP contribution in [0.25, 0.3) is 10.8 Å². The molecule has 0 unspecified atom stereocenters. The van der Waals surface area contributed by atoms with Crippen LogP contribution in [0.2, 0.25) is 0 Å². The molecule has 0 aliphatic heterocycles. The quantitative estimate of drug-likeness (QED) is 0.875. The number of benzene rings is 1. The van der Waals surface area contributed by atoms with Crippen molar-refractivity contribution in [2.24, 2.45) is 5.41 Å². The molecule has 0 saturated heterocycles. The Labute approximate surface area is 111 Å². The summed E-state index contributed by atoms with van der Waals surface area (Å²) < 4.78 is 0. The van der Waals surface area contributed by atoms with Crippen LogP contribution >= 0.6 is 0 Å². The molecule has 3 rings (SSSR count). The maximum atomic E-state index is 12.2. The van der Waals surface area contributed by atoms with Gasteiger partial charge in [-0.3, -0.25) is 9.78 Å². The summed E-state index contributed by atoms with van der Waals surface area (Å²) in [5.74, 6) is -0.170. The Hall–Kier alpha value is -1.94. The molecule has 98 valence electrons. The lowest BCUT2D eigenvalue weighted by molar-refractivity contribution is 0.0932. The molecule has 19 heavy (non-hydrogen) atoms. The van der Waals surface area contributed by atoms with Crippen LogP contribution in [0, 0.1) is 5.41 Å². The topological polar surface area (TPSA) is 62.2 Å². The lowest BCUT2D eigenvalue weighted by atomic mass is 10.1. The van der Waals surface area contributed by atoms with E-state index in [-0.39, 0.29) is 17.9 Å². The van der Waals surface area contributed by atoms with Crippen LogP contribution in [-0.4, -0.2) is 29.1 Å². The molecule has 0 radical (unpaired) electrons. The molecule has 4 heteroatoms. The normalized spacial score (nSPS) is 16.3. The van der Waals surface area contributed by atoms with E-state index in [1.807, 2.05) is 30.3 Å². The van der Waals surface area contributed by atoms with E-state index < -0.39 is 0 Å². The maximum Gasteiger partial charge on any atom is 0.270 e. The second-order valence-corrected chi connectivity index (χ2v) is 5.22. The van der Waals surface area contributed by atoms with Crippen molar-refractivity contribution in [3.8, 4) is 0 Å².